The van der Waals surface area contributed by atoms with Gasteiger partial charge in [-0.1, -0.05) is 12.1 Å². The lowest BCUT2D eigenvalue weighted by atomic mass is 10.1. The van der Waals surface area contributed by atoms with Crippen LogP contribution in [0.15, 0.2) is 48.5 Å². The number of nitrogens with zero attached hydrogens (tertiary/aromatic N) is 1. The minimum absolute atomic E-state index is 0.0463. The topological polar surface area (TPSA) is 63.4 Å². The number of methoxy groups -OCH3 is 1. The molecule has 0 aliphatic carbocycles. The van der Waals surface area contributed by atoms with Crippen molar-refractivity contribution in [2.45, 2.75) is 13.0 Å². The van der Waals surface area contributed by atoms with Crippen molar-refractivity contribution >= 4 is 5.91 Å². The van der Waals surface area contributed by atoms with E-state index < -0.39 is 6.10 Å². The number of aliphatic hydroxyl groups excluding tert-OH is 1. The Kier molecular flexibility index (Phi) is 6.90. The standard InChI is InChI=1S/C22H28N2O4/c1-17-4-3-5-21(14-17)28-16-19(25)15-23-10-12-24(13-11-23)22(26)18-6-8-20(27-2)9-7-18/h3-9,14,19,25H,10-13,15-16H2,1-2H3/p+1/t19-/m1/s1. The Morgan fingerprint density at radius 3 is 2.50 bits per heavy atom. The number of carbonyl (C=O) groups is 1. The van der Waals surface area contributed by atoms with Gasteiger partial charge in [-0.25, -0.2) is 0 Å². The fourth-order valence-corrected chi connectivity index (χ4v) is 3.44. The number of quaternary nitrogens is 1. The molecule has 1 amide bonds. The molecule has 3 rings (SSSR count). The van der Waals surface area contributed by atoms with E-state index in [1.54, 1.807) is 31.4 Å². The minimum atomic E-state index is -0.528. The zero-order valence-electron chi connectivity index (χ0n) is 16.6. The van der Waals surface area contributed by atoms with Gasteiger partial charge in [-0.3, -0.25) is 4.79 Å². The average Bonchev–Trinajstić information content (AvgIpc) is 2.72. The van der Waals surface area contributed by atoms with Crippen LogP contribution in [0.3, 0.4) is 0 Å². The third-order valence-corrected chi connectivity index (χ3v) is 5.05. The first-order chi connectivity index (χ1) is 13.5. The Hall–Kier alpha value is -2.57. The zero-order valence-corrected chi connectivity index (χ0v) is 16.6. The molecule has 0 unspecified atom stereocenters. The van der Waals surface area contributed by atoms with Crippen molar-refractivity contribution in [1.29, 1.82) is 0 Å². The first kappa shape index (κ1) is 20.2. The summed E-state index contributed by atoms with van der Waals surface area (Å²) < 4.78 is 10.8. The Morgan fingerprint density at radius 2 is 1.86 bits per heavy atom. The lowest BCUT2D eigenvalue weighted by Gasteiger charge is -2.33. The Balaban J connectivity index is 1.42. The normalized spacial score (nSPS) is 15.9. The van der Waals surface area contributed by atoms with E-state index in [0.717, 1.165) is 30.2 Å². The molecule has 6 nitrogen and oxygen atoms in total. The van der Waals surface area contributed by atoms with E-state index in [4.69, 9.17) is 9.47 Å². The summed E-state index contributed by atoms with van der Waals surface area (Å²) in [5, 5.41) is 10.3. The van der Waals surface area contributed by atoms with Gasteiger partial charge in [0.2, 0.25) is 0 Å². The molecule has 0 aromatic heterocycles. The van der Waals surface area contributed by atoms with E-state index in [9.17, 15) is 9.90 Å². The number of ether oxygens (including phenoxy) is 2. The third kappa shape index (κ3) is 5.47. The number of carbonyl (C=O) groups excluding carboxylic acids is 1. The summed E-state index contributed by atoms with van der Waals surface area (Å²) in [6, 6.07) is 15.0. The fraction of sp³-hybridized carbons (Fsp3) is 0.409. The smallest absolute Gasteiger partial charge is 0.254 e. The van der Waals surface area contributed by atoms with E-state index in [2.05, 4.69) is 0 Å². The van der Waals surface area contributed by atoms with Crippen LogP contribution in [-0.4, -0.2) is 68.5 Å². The molecule has 1 aliphatic heterocycles. The largest absolute Gasteiger partial charge is 0.497 e. The molecule has 1 saturated heterocycles. The van der Waals surface area contributed by atoms with E-state index in [-0.39, 0.29) is 12.5 Å². The molecule has 2 aromatic rings. The van der Waals surface area contributed by atoms with Crippen molar-refractivity contribution in [2.24, 2.45) is 0 Å². The number of rotatable bonds is 7. The highest BCUT2D eigenvalue weighted by atomic mass is 16.5. The van der Waals surface area contributed by atoms with Gasteiger partial charge in [0.25, 0.3) is 5.91 Å². The third-order valence-electron chi connectivity index (χ3n) is 5.05. The summed E-state index contributed by atoms with van der Waals surface area (Å²) in [5.74, 6) is 1.57. The Morgan fingerprint density at radius 1 is 1.14 bits per heavy atom. The lowest BCUT2D eigenvalue weighted by Crippen LogP contribution is -3.16. The number of aliphatic hydroxyl groups is 1. The summed E-state index contributed by atoms with van der Waals surface area (Å²) >= 11 is 0. The van der Waals surface area contributed by atoms with Crippen molar-refractivity contribution < 1.29 is 24.3 Å². The number of aryl methyl sites for hydroxylation is 1. The van der Waals surface area contributed by atoms with Gasteiger partial charge >= 0.3 is 0 Å². The minimum Gasteiger partial charge on any atom is -0.497 e. The molecular formula is C22H29N2O4+. The molecule has 1 aliphatic rings. The highest BCUT2D eigenvalue weighted by molar-refractivity contribution is 5.94. The number of benzene rings is 2. The molecule has 0 bridgehead atoms. The molecule has 1 atom stereocenters. The molecule has 6 heteroatoms. The maximum atomic E-state index is 12.6. The first-order valence-corrected chi connectivity index (χ1v) is 9.69. The second-order valence-corrected chi connectivity index (χ2v) is 7.26. The van der Waals surface area contributed by atoms with E-state index in [0.29, 0.717) is 25.2 Å². The molecule has 2 aromatic carbocycles. The van der Waals surface area contributed by atoms with Gasteiger partial charge < -0.3 is 24.4 Å². The monoisotopic (exact) mass is 385 g/mol. The summed E-state index contributed by atoms with van der Waals surface area (Å²) in [5.41, 5.74) is 1.81. The molecule has 1 heterocycles. The maximum Gasteiger partial charge on any atom is 0.254 e. The number of hydrogen-bond acceptors (Lipinski definition) is 4. The molecule has 150 valence electrons. The van der Waals surface area contributed by atoms with Crippen molar-refractivity contribution in [3.8, 4) is 11.5 Å². The quantitative estimate of drug-likeness (QED) is 0.740. The van der Waals surface area contributed by atoms with Crippen LogP contribution in [0.5, 0.6) is 11.5 Å². The van der Waals surface area contributed by atoms with Gasteiger partial charge in [-0.2, -0.15) is 0 Å². The van der Waals surface area contributed by atoms with Gasteiger partial charge in [0, 0.05) is 5.56 Å². The van der Waals surface area contributed by atoms with Crippen LogP contribution >= 0.6 is 0 Å². The van der Waals surface area contributed by atoms with Gasteiger partial charge in [-0.15, -0.1) is 0 Å². The molecule has 0 saturated carbocycles. The molecule has 1 fully saturated rings. The number of hydrogen-bond donors (Lipinski definition) is 2. The number of piperazine rings is 1. The molecule has 0 radical (unpaired) electrons. The van der Waals surface area contributed by atoms with Gasteiger partial charge in [0.15, 0.2) is 0 Å². The van der Waals surface area contributed by atoms with Crippen molar-refractivity contribution in [3.05, 3.63) is 59.7 Å². The second kappa shape index (κ2) is 9.57. The van der Waals surface area contributed by atoms with E-state index in [1.807, 2.05) is 36.1 Å². The van der Waals surface area contributed by atoms with E-state index in [1.165, 1.54) is 4.90 Å². The zero-order chi connectivity index (χ0) is 19.9. The van der Waals surface area contributed by atoms with Gasteiger partial charge in [0.1, 0.15) is 30.8 Å². The van der Waals surface area contributed by atoms with Crippen LogP contribution in [0.25, 0.3) is 0 Å². The van der Waals surface area contributed by atoms with Crippen LogP contribution in [0.2, 0.25) is 0 Å². The number of amides is 1. The second-order valence-electron chi connectivity index (χ2n) is 7.26. The Labute approximate surface area is 166 Å². The highest BCUT2D eigenvalue weighted by Gasteiger charge is 2.26. The molecule has 2 N–H and O–H groups in total. The predicted octanol–water partition coefficient (Wildman–Crippen LogP) is 0.784. The van der Waals surface area contributed by atoms with Crippen LogP contribution < -0.4 is 14.4 Å². The van der Waals surface area contributed by atoms with Crippen molar-refractivity contribution in [1.82, 2.24) is 4.90 Å². The van der Waals surface area contributed by atoms with Crippen LogP contribution in [-0.2, 0) is 0 Å². The van der Waals surface area contributed by atoms with Crippen LogP contribution in [0, 0.1) is 6.92 Å². The van der Waals surface area contributed by atoms with Gasteiger partial charge in [0.05, 0.1) is 33.3 Å². The number of nitrogens with one attached hydrogen (secondary N) is 1. The van der Waals surface area contributed by atoms with Crippen molar-refractivity contribution in [2.75, 3.05) is 46.4 Å². The molecule has 28 heavy (non-hydrogen) atoms. The van der Waals surface area contributed by atoms with E-state index >= 15 is 0 Å². The predicted molar refractivity (Wildman–Crippen MR) is 107 cm³/mol. The molecule has 0 spiro atoms. The van der Waals surface area contributed by atoms with Crippen LogP contribution in [0.4, 0.5) is 0 Å². The summed E-state index contributed by atoms with van der Waals surface area (Å²) in [6.07, 6.45) is -0.528. The summed E-state index contributed by atoms with van der Waals surface area (Å²) in [4.78, 5) is 15.8. The highest BCUT2D eigenvalue weighted by Crippen LogP contribution is 2.14. The summed E-state index contributed by atoms with van der Waals surface area (Å²) in [6.45, 7) is 5.93. The van der Waals surface area contributed by atoms with Crippen molar-refractivity contribution in [3.63, 3.8) is 0 Å². The fourth-order valence-electron chi connectivity index (χ4n) is 3.44. The van der Waals surface area contributed by atoms with Gasteiger partial charge in [-0.05, 0) is 48.9 Å². The average molecular weight is 385 g/mol. The lowest BCUT2D eigenvalue weighted by molar-refractivity contribution is -0.907. The summed E-state index contributed by atoms with van der Waals surface area (Å²) in [7, 11) is 1.61. The Bertz CT molecular complexity index is 770. The first-order valence-electron chi connectivity index (χ1n) is 9.69. The maximum absolute atomic E-state index is 12.6. The SMILES string of the molecule is COc1ccc(C(=O)N2CC[NH+](C[C@@H](O)COc3cccc(C)c3)CC2)cc1. The van der Waals surface area contributed by atoms with Crippen LogP contribution in [0.1, 0.15) is 15.9 Å². The molecular weight excluding hydrogens is 356 g/mol.